The van der Waals surface area contributed by atoms with Crippen molar-refractivity contribution in [2.45, 2.75) is 51.1 Å². The highest BCUT2D eigenvalue weighted by atomic mass is 16.5. The number of aliphatic hydroxyl groups excluding tert-OH is 1. The molecule has 140 valence electrons. The molecule has 0 aromatic heterocycles. The van der Waals surface area contributed by atoms with Crippen LogP contribution < -0.4 is 22.1 Å². The summed E-state index contributed by atoms with van der Waals surface area (Å²) in [7, 11) is 0. The van der Waals surface area contributed by atoms with E-state index in [0.29, 0.717) is 0 Å². The predicted octanol–water partition coefficient (Wildman–Crippen LogP) is -2.61. The van der Waals surface area contributed by atoms with Crippen molar-refractivity contribution >= 4 is 23.7 Å². The molecule has 0 saturated carbocycles. The summed E-state index contributed by atoms with van der Waals surface area (Å²) in [4.78, 5) is 38.7. The number of aliphatic hydroxyl groups is 1. The zero-order chi connectivity index (χ0) is 19.3. The van der Waals surface area contributed by atoms with Crippen LogP contribution in [0.4, 0.5) is 0 Å². The molecule has 1 heterocycles. The summed E-state index contributed by atoms with van der Waals surface area (Å²) in [5.74, 6) is -3.62. The summed E-state index contributed by atoms with van der Waals surface area (Å²) in [6.45, 7) is 4.57. The molecule has 1 rings (SSSR count). The van der Waals surface area contributed by atoms with Crippen LogP contribution in [0, 0.1) is 0 Å². The number of amides is 2. The second-order valence-electron chi connectivity index (χ2n) is 5.80. The summed E-state index contributed by atoms with van der Waals surface area (Å²) in [6, 6.07) is -2.37. The number of hydrogen-bond acceptors (Lipinski definition) is 6. The monoisotopic (exact) mass is 357 g/mol. The van der Waals surface area contributed by atoms with Crippen LogP contribution in [0.5, 0.6) is 0 Å². The second-order valence-corrected chi connectivity index (χ2v) is 5.80. The number of hydrogen-bond donors (Lipinski definition) is 6. The van der Waals surface area contributed by atoms with Gasteiger partial charge in [-0.25, -0.2) is 9.79 Å². The number of carboxylic acid groups (broad SMARTS) is 1. The molecule has 8 N–H and O–H groups in total. The van der Waals surface area contributed by atoms with Crippen LogP contribution in [0.1, 0.15) is 20.8 Å². The van der Waals surface area contributed by atoms with Gasteiger partial charge in [0.1, 0.15) is 0 Å². The number of guanidine groups is 1. The van der Waals surface area contributed by atoms with Gasteiger partial charge in [-0.3, -0.25) is 9.59 Å². The van der Waals surface area contributed by atoms with E-state index in [9.17, 15) is 19.5 Å². The third kappa shape index (κ3) is 5.64. The highest BCUT2D eigenvalue weighted by Crippen LogP contribution is 2.23. The smallest absolute Gasteiger partial charge is 0.370 e. The maximum absolute atomic E-state index is 12.1. The lowest BCUT2D eigenvalue weighted by molar-refractivity contribution is -0.148. The molecule has 0 radical (unpaired) electrons. The molecular formula is C14H23N5O6. The zero-order valence-electron chi connectivity index (χ0n) is 14.1. The Morgan fingerprint density at radius 2 is 1.92 bits per heavy atom. The average Bonchev–Trinajstić information content (AvgIpc) is 2.46. The first-order valence-electron chi connectivity index (χ1n) is 7.49. The van der Waals surface area contributed by atoms with E-state index < -0.39 is 47.8 Å². The van der Waals surface area contributed by atoms with Gasteiger partial charge in [-0.05, 0) is 19.9 Å². The maximum Gasteiger partial charge on any atom is 0.370 e. The lowest BCUT2D eigenvalue weighted by Gasteiger charge is -2.37. The molecule has 0 bridgehead atoms. The van der Waals surface area contributed by atoms with E-state index in [4.69, 9.17) is 21.3 Å². The number of carbonyl (C=O) groups is 3. The Morgan fingerprint density at radius 1 is 1.32 bits per heavy atom. The molecule has 1 aliphatic heterocycles. The molecular weight excluding hydrogens is 334 g/mol. The second kappa shape index (κ2) is 8.33. The Balaban J connectivity index is 3.27. The Morgan fingerprint density at radius 3 is 2.36 bits per heavy atom. The minimum atomic E-state index is -1.76. The first-order chi connectivity index (χ1) is 11.5. The topological polar surface area (TPSA) is 189 Å². The van der Waals surface area contributed by atoms with E-state index in [1.165, 1.54) is 6.92 Å². The highest BCUT2D eigenvalue weighted by molar-refractivity contribution is 5.86. The van der Waals surface area contributed by atoms with Gasteiger partial charge in [0, 0.05) is 13.0 Å². The third-order valence-corrected chi connectivity index (χ3v) is 3.20. The summed E-state index contributed by atoms with van der Waals surface area (Å²) < 4.78 is 5.22. The Hall–Kier alpha value is -2.82. The largest absolute Gasteiger partial charge is 0.478 e. The lowest BCUT2D eigenvalue weighted by Crippen LogP contribution is -2.60. The van der Waals surface area contributed by atoms with Crippen molar-refractivity contribution in [3.63, 3.8) is 0 Å². The van der Waals surface area contributed by atoms with Crippen molar-refractivity contribution in [1.29, 1.82) is 0 Å². The number of nitrogens with zero attached hydrogens (tertiary/aromatic N) is 1. The number of aliphatic carboxylic acids is 1. The molecule has 0 aliphatic carbocycles. The molecule has 11 heteroatoms. The van der Waals surface area contributed by atoms with Crippen LogP contribution in [-0.2, 0) is 19.1 Å². The lowest BCUT2D eigenvalue weighted by atomic mass is 9.94. The van der Waals surface area contributed by atoms with Crippen molar-refractivity contribution < 1.29 is 29.3 Å². The first-order valence-corrected chi connectivity index (χ1v) is 7.49. The summed E-state index contributed by atoms with van der Waals surface area (Å²) in [6.07, 6.45) is -2.09. The SMILES string of the molecule is CC(=O)N[C@H]1[C@H]([C@H](O)C(=O)NC(C)C)OC(C(=O)O)=C[C@@H]1N=C(N)N. The van der Waals surface area contributed by atoms with Crippen LogP contribution in [0.15, 0.2) is 16.8 Å². The van der Waals surface area contributed by atoms with Crippen molar-refractivity contribution in [3.05, 3.63) is 11.8 Å². The molecule has 0 saturated heterocycles. The Bertz CT molecular complexity index is 599. The Labute approximate surface area is 144 Å². The summed E-state index contributed by atoms with van der Waals surface area (Å²) in [5, 5.41) is 24.4. The summed E-state index contributed by atoms with van der Waals surface area (Å²) >= 11 is 0. The van der Waals surface area contributed by atoms with Gasteiger partial charge >= 0.3 is 5.97 Å². The van der Waals surface area contributed by atoms with Gasteiger partial charge in [-0.15, -0.1) is 0 Å². The quantitative estimate of drug-likeness (QED) is 0.220. The van der Waals surface area contributed by atoms with E-state index in [1.54, 1.807) is 13.8 Å². The van der Waals surface area contributed by atoms with Crippen molar-refractivity contribution in [3.8, 4) is 0 Å². The fraction of sp³-hybridized carbons (Fsp3) is 0.571. The molecule has 25 heavy (non-hydrogen) atoms. The maximum atomic E-state index is 12.1. The number of nitrogens with one attached hydrogen (secondary N) is 2. The number of carbonyl (C=O) groups excluding carboxylic acids is 2. The van der Waals surface area contributed by atoms with Crippen molar-refractivity contribution in [1.82, 2.24) is 10.6 Å². The third-order valence-electron chi connectivity index (χ3n) is 3.20. The molecule has 2 amide bonds. The van der Waals surface area contributed by atoms with E-state index >= 15 is 0 Å². The first kappa shape index (κ1) is 20.2. The van der Waals surface area contributed by atoms with Crippen molar-refractivity contribution in [2.24, 2.45) is 16.5 Å². The van der Waals surface area contributed by atoms with Crippen LogP contribution in [-0.4, -0.2) is 64.3 Å². The number of rotatable bonds is 6. The van der Waals surface area contributed by atoms with Gasteiger partial charge in [-0.1, -0.05) is 0 Å². The molecule has 0 aromatic rings. The molecule has 1 aliphatic rings. The van der Waals surface area contributed by atoms with E-state index in [1.807, 2.05) is 0 Å². The summed E-state index contributed by atoms with van der Waals surface area (Å²) in [5.41, 5.74) is 10.7. The van der Waals surface area contributed by atoms with E-state index in [-0.39, 0.29) is 12.0 Å². The van der Waals surface area contributed by atoms with E-state index in [0.717, 1.165) is 6.08 Å². The molecule has 11 nitrogen and oxygen atoms in total. The standard InChI is InChI=1S/C14H23N5O6/c1-5(2)17-12(22)10(21)11-9(18-6(3)20)7(19-14(15)16)4-8(25-11)13(23)24/h4-5,7,9-11,21H,1-3H3,(H,17,22)(H,18,20)(H,23,24)(H4,15,16,19)/t7-,9+,10-,11+/m0/s1. The van der Waals surface area contributed by atoms with Crippen LogP contribution in [0.3, 0.4) is 0 Å². The molecule has 0 unspecified atom stereocenters. The van der Waals surface area contributed by atoms with Crippen LogP contribution in [0.25, 0.3) is 0 Å². The molecule has 0 aromatic carbocycles. The van der Waals surface area contributed by atoms with Gasteiger partial charge in [0.05, 0.1) is 12.1 Å². The van der Waals surface area contributed by atoms with E-state index in [2.05, 4.69) is 15.6 Å². The van der Waals surface area contributed by atoms with Crippen LogP contribution >= 0.6 is 0 Å². The van der Waals surface area contributed by atoms with Crippen LogP contribution in [0.2, 0.25) is 0 Å². The number of carboxylic acids is 1. The minimum absolute atomic E-state index is 0.270. The predicted molar refractivity (Wildman–Crippen MR) is 87.1 cm³/mol. The van der Waals surface area contributed by atoms with Gasteiger partial charge in [0.15, 0.2) is 18.2 Å². The van der Waals surface area contributed by atoms with Gasteiger partial charge in [0.25, 0.3) is 5.91 Å². The van der Waals surface area contributed by atoms with Gasteiger partial charge < -0.3 is 37.1 Å². The average molecular weight is 357 g/mol. The fourth-order valence-electron chi connectivity index (χ4n) is 2.31. The van der Waals surface area contributed by atoms with Gasteiger partial charge in [-0.2, -0.15) is 0 Å². The zero-order valence-corrected chi connectivity index (χ0v) is 14.1. The number of nitrogens with two attached hydrogens (primary N) is 2. The molecule has 4 atom stereocenters. The number of aliphatic imine (C=N–C) groups is 1. The molecule has 0 spiro atoms. The minimum Gasteiger partial charge on any atom is -0.478 e. The van der Waals surface area contributed by atoms with Crippen molar-refractivity contribution in [2.75, 3.05) is 0 Å². The Kier molecular flexibility index (Phi) is 6.74. The number of ether oxygens (including phenoxy) is 1. The molecule has 0 fully saturated rings. The highest BCUT2D eigenvalue weighted by Gasteiger charge is 2.44. The van der Waals surface area contributed by atoms with Gasteiger partial charge in [0.2, 0.25) is 11.7 Å². The fourth-order valence-corrected chi connectivity index (χ4v) is 2.31. The normalized spacial score (nSPS) is 23.7.